The van der Waals surface area contributed by atoms with Gasteiger partial charge in [-0.05, 0) is 5.39 Å². The van der Waals surface area contributed by atoms with Gasteiger partial charge in [0.15, 0.2) is 0 Å². The van der Waals surface area contributed by atoms with Gasteiger partial charge in [0.2, 0.25) is 0 Å². The van der Waals surface area contributed by atoms with E-state index < -0.39 is 0 Å². The van der Waals surface area contributed by atoms with E-state index in [4.69, 9.17) is 4.98 Å². The van der Waals surface area contributed by atoms with E-state index in [0.717, 1.165) is 38.8 Å². The molecule has 0 atom stereocenters. The molecule has 0 saturated carbocycles. The quantitative estimate of drug-likeness (QED) is 0.145. The van der Waals surface area contributed by atoms with Crippen LogP contribution in [0.2, 0.25) is 0 Å². The number of nitrogens with zero attached hydrogens (tertiary/aromatic N) is 2. The standard InChI is InChI=1S/C18H11N2.C14H12.Ir/c1-2-7-14(8-3-1)18-19-12-15-11-10-13-6-4-5-9-16(13)17(15)20-18;1-11-8-9-14(10-12(11)2)13-6-4-3-5-7-13;/h1-7,9-12H;3-6,8,10H,1-2H3;/q-1;-2;+3. The van der Waals surface area contributed by atoms with Crippen molar-refractivity contribution in [1.82, 2.24) is 9.97 Å². The normalized spacial score (nSPS) is 10.3. The topological polar surface area (TPSA) is 25.8 Å². The van der Waals surface area contributed by atoms with Gasteiger partial charge in [-0.25, -0.2) is 11.1 Å². The Hall–Kier alpha value is -3.65. The molecule has 0 bridgehead atoms. The smallest absolute Gasteiger partial charge is 0.285 e. The van der Waals surface area contributed by atoms with Crippen LogP contribution in [-0.4, -0.2) is 9.97 Å². The van der Waals surface area contributed by atoms with Crippen molar-refractivity contribution < 1.29 is 20.1 Å². The third-order valence-electron chi connectivity index (χ3n) is 5.85. The molecular weight excluding hydrogens is 605 g/mol. The second-order valence-electron chi connectivity index (χ2n) is 8.18. The molecule has 2 nitrogen and oxygen atoms in total. The molecule has 170 valence electrons. The number of aryl methyl sites for hydroxylation is 2. The Kier molecular flexibility index (Phi) is 7.82. The van der Waals surface area contributed by atoms with Crippen molar-refractivity contribution in [1.29, 1.82) is 0 Å². The maximum Gasteiger partial charge on any atom is 3.00 e. The second-order valence-corrected chi connectivity index (χ2v) is 8.18. The van der Waals surface area contributed by atoms with E-state index in [1.165, 1.54) is 16.5 Å². The van der Waals surface area contributed by atoms with Gasteiger partial charge < -0.3 is 0 Å². The molecule has 0 fully saturated rings. The van der Waals surface area contributed by atoms with Gasteiger partial charge in [0.05, 0.1) is 11.3 Å². The molecule has 3 heteroatoms. The zero-order valence-corrected chi connectivity index (χ0v) is 21.9. The van der Waals surface area contributed by atoms with Crippen LogP contribution in [0.1, 0.15) is 11.1 Å². The largest absolute Gasteiger partial charge is 3.00 e. The molecule has 0 spiro atoms. The monoisotopic (exact) mass is 628 g/mol. The Bertz CT molecular complexity index is 1560. The van der Waals surface area contributed by atoms with Crippen LogP contribution in [0.4, 0.5) is 0 Å². The van der Waals surface area contributed by atoms with E-state index in [2.05, 4.69) is 73.4 Å². The molecule has 0 saturated heterocycles. The fourth-order valence-corrected chi connectivity index (χ4v) is 3.82. The van der Waals surface area contributed by atoms with E-state index in [1.807, 2.05) is 66.9 Å². The molecule has 0 radical (unpaired) electrons. The predicted octanol–water partition coefficient (Wildman–Crippen LogP) is 7.82. The molecule has 6 rings (SSSR count). The van der Waals surface area contributed by atoms with Crippen molar-refractivity contribution in [3.63, 3.8) is 0 Å². The SMILES string of the molecule is Cc1c[c-]c(-c2[c-]cccc2)cc1C.[Ir+3].[c-]1ccccc1-c1ncc2ccc3ccccc3c2n1. The number of benzene rings is 5. The molecule has 0 amide bonds. The summed E-state index contributed by atoms with van der Waals surface area (Å²) in [6, 6.07) is 42.0. The van der Waals surface area contributed by atoms with Crippen molar-refractivity contribution in [2.75, 3.05) is 0 Å². The number of hydrogen-bond donors (Lipinski definition) is 0. The summed E-state index contributed by atoms with van der Waals surface area (Å²) in [7, 11) is 0. The summed E-state index contributed by atoms with van der Waals surface area (Å²) >= 11 is 0. The molecule has 1 heterocycles. The molecule has 0 aliphatic carbocycles. The first kappa shape index (κ1) is 24.5. The summed E-state index contributed by atoms with van der Waals surface area (Å²) in [5, 5.41) is 3.41. The molecule has 0 aliphatic heterocycles. The summed E-state index contributed by atoms with van der Waals surface area (Å²) in [5.74, 6) is 0.717. The van der Waals surface area contributed by atoms with Crippen LogP contribution in [0.5, 0.6) is 0 Å². The first-order valence-electron chi connectivity index (χ1n) is 11.3. The van der Waals surface area contributed by atoms with Crippen LogP contribution in [0.3, 0.4) is 0 Å². The number of aromatic nitrogens is 2. The molecule has 0 N–H and O–H groups in total. The fourth-order valence-electron chi connectivity index (χ4n) is 3.82. The van der Waals surface area contributed by atoms with Crippen molar-refractivity contribution in [3.05, 3.63) is 133 Å². The summed E-state index contributed by atoms with van der Waals surface area (Å²) in [6.45, 7) is 4.22. The van der Waals surface area contributed by atoms with Crippen LogP contribution in [0.25, 0.3) is 44.2 Å². The van der Waals surface area contributed by atoms with Gasteiger partial charge in [-0.15, -0.1) is 53.1 Å². The molecule has 35 heavy (non-hydrogen) atoms. The van der Waals surface area contributed by atoms with Crippen LogP contribution in [0, 0.1) is 32.0 Å². The zero-order valence-electron chi connectivity index (χ0n) is 19.5. The summed E-state index contributed by atoms with van der Waals surface area (Å²) < 4.78 is 0. The number of rotatable bonds is 2. The molecule has 6 aromatic rings. The fraction of sp³-hybridized carbons (Fsp3) is 0.0625. The van der Waals surface area contributed by atoms with Crippen LogP contribution >= 0.6 is 0 Å². The van der Waals surface area contributed by atoms with Crippen LogP contribution in [-0.2, 0) is 20.1 Å². The Morgan fingerprint density at radius 3 is 2.03 bits per heavy atom. The van der Waals surface area contributed by atoms with E-state index in [9.17, 15) is 0 Å². The Morgan fingerprint density at radius 1 is 0.629 bits per heavy atom. The van der Waals surface area contributed by atoms with Crippen molar-refractivity contribution >= 4 is 21.7 Å². The minimum Gasteiger partial charge on any atom is -0.285 e. The number of hydrogen-bond acceptors (Lipinski definition) is 2. The van der Waals surface area contributed by atoms with Gasteiger partial charge in [-0.3, -0.25) is 9.97 Å². The Labute approximate surface area is 220 Å². The van der Waals surface area contributed by atoms with Gasteiger partial charge in [0.1, 0.15) is 0 Å². The third-order valence-corrected chi connectivity index (χ3v) is 5.85. The Morgan fingerprint density at radius 2 is 1.31 bits per heavy atom. The zero-order chi connectivity index (χ0) is 23.3. The second kappa shape index (κ2) is 11.2. The molecule has 5 aromatic carbocycles. The summed E-state index contributed by atoms with van der Waals surface area (Å²) in [4.78, 5) is 9.17. The first-order chi connectivity index (χ1) is 16.7. The Balaban J connectivity index is 0.000000171. The first-order valence-corrected chi connectivity index (χ1v) is 11.3. The van der Waals surface area contributed by atoms with Crippen molar-refractivity contribution in [2.24, 2.45) is 0 Å². The minimum atomic E-state index is 0. The van der Waals surface area contributed by atoms with E-state index >= 15 is 0 Å². The molecule has 0 aliphatic rings. The van der Waals surface area contributed by atoms with Gasteiger partial charge in [-0.2, -0.15) is 42.5 Å². The van der Waals surface area contributed by atoms with Gasteiger partial charge in [-0.1, -0.05) is 50.2 Å². The minimum absolute atomic E-state index is 0. The maximum atomic E-state index is 4.73. The molecule has 0 unspecified atom stereocenters. The van der Waals surface area contributed by atoms with Gasteiger partial charge in [0.25, 0.3) is 0 Å². The van der Waals surface area contributed by atoms with Crippen molar-refractivity contribution in [3.8, 4) is 22.5 Å². The third kappa shape index (κ3) is 5.54. The predicted molar refractivity (Wildman–Crippen MR) is 140 cm³/mol. The average Bonchev–Trinajstić information content (AvgIpc) is 2.91. The van der Waals surface area contributed by atoms with Crippen molar-refractivity contribution in [2.45, 2.75) is 13.8 Å². The van der Waals surface area contributed by atoms with Crippen LogP contribution < -0.4 is 0 Å². The van der Waals surface area contributed by atoms with E-state index in [0.29, 0.717) is 0 Å². The number of fused-ring (bicyclic) bond motifs is 3. The van der Waals surface area contributed by atoms with Gasteiger partial charge >= 0.3 is 20.1 Å². The maximum absolute atomic E-state index is 4.73. The molecular formula is C32H23IrN2. The van der Waals surface area contributed by atoms with E-state index in [-0.39, 0.29) is 20.1 Å². The van der Waals surface area contributed by atoms with Gasteiger partial charge in [0, 0.05) is 17.0 Å². The molecule has 1 aromatic heterocycles. The summed E-state index contributed by atoms with van der Waals surface area (Å²) in [5.41, 5.74) is 6.72. The average molecular weight is 628 g/mol. The summed E-state index contributed by atoms with van der Waals surface area (Å²) in [6.07, 6.45) is 1.88. The van der Waals surface area contributed by atoms with Crippen LogP contribution in [0.15, 0.2) is 103 Å². The van der Waals surface area contributed by atoms with E-state index in [1.54, 1.807) is 0 Å².